The molecule has 3 heterocycles. The summed E-state index contributed by atoms with van der Waals surface area (Å²) in [5.74, 6) is 0.786. The number of pyridine rings is 1. The van der Waals surface area contributed by atoms with Gasteiger partial charge in [-0.2, -0.15) is 0 Å². The normalized spacial score (nSPS) is 10.9. The minimum absolute atomic E-state index is 0.786. The van der Waals surface area contributed by atoms with E-state index in [4.69, 9.17) is 4.74 Å². The van der Waals surface area contributed by atoms with Crippen LogP contribution in [-0.4, -0.2) is 16.5 Å². The molecule has 3 aromatic heterocycles. The number of thiophene rings is 1. The molecule has 86 valence electrons. The Morgan fingerprint density at radius 2 is 2.35 bits per heavy atom. The molecule has 0 atom stereocenters. The van der Waals surface area contributed by atoms with E-state index in [9.17, 15) is 0 Å². The molecule has 0 aromatic carbocycles. The van der Waals surface area contributed by atoms with Gasteiger partial charge in [0.25, 0.3) is 0 Å². The molecule has 5 heteroatoms. The largest absolute Gasteiger partial charge is 0.493 e. The van der Waals surface area contributed by atoms with Crippen molar-refractivity contribution in [2.75, 3.05) is 7.11 Å². The van der Waals surface area contributed by atoms with E-state index >= 15 is 0 Å². The van der Waals surface area contributed by atoms with Crippen LogP contribution in [0, 0.1) is 0 Å². The van der Waals surface area contributed by atoms with Crippen molar-refractivity contribution >= 4 is 32.9 Å². The van der Waals surface area contributed by atoms with E-state index in [0.29, 0.717) is 0 Å². The number of hydrogen-bond donors (Lipinski definition) is 0. The first kappa shape index (κ1) is 10.8. The number of ether oxygens (including phenoxy) is 1. The fraction of sp³-hybridized carbons (Fsp3) is 0.0833. The Labute approximate surface area is 111 Å². The van der Waals surface area contributed by atoms with E-state index in [-0.39, 0.29) is 0 Å². The summed E-state index contributed by atoms with van der Waals surface area (Å²) >= 11 is 5.12. The highest BCUT2D eigenvalue weighted by atomic mass is 79.9. The highest BCUT2D eigenvalue weighted by molar-refractivity contribution is 9.10. The minimum Gasteiger partial charge on any atom is -0.493 e. The summed E-state index contributed by atoms with van der Waals surface area (Å²) in [6, 6.07) is 5.93. The molecule has 0 unspecified atom stereocenters. The van der Waals surface area contributed by atoms with E-state index in [0.717, 1.165) is 26.4 Å². The summed E-state index contributed by atoms with van der Waals surface area (Å²) in [5, 5.41) is 2.05. The van der Waals surface area contributed by atoms with Crippen molar-refractivity contribution in [3.63, 3.8) is 0 Å². The Bertz CT molecular complexity index is 674. The van der Waals surface area contributed by atoms with Crippen molar-refractivity contribution in [2.24, 2.45) is 0 Å². The standard InChI is InChI=1S/C12H9BrN2OS/c1-16-10-3-2-4-15-6-9(14-12(10)15)11-5-8(13)7-17-11/h2-7H,1H3. The predicted octanol–water partition coefficient (Wildman–Crippen LogP) is 3.83. The third kappa shape index (κ3) is 1.85. The van der Waals surface area contributed by atoms with E-state index in [2.05, 4.69) is 32.4 Å². The van der Waals surface area contributed by atoms with Gasteiger partial charge in [0.05, 0.1) is 17.7 Å². The zero-order valence-corrected chi connectivity index (χ0v) is 11.5. The number of hydrogen-bond acceptors (Lipinski definition) is 3. The summed E-state index contributed by atoms with van der Waals surface area (Å²) < 4.78 is 8.35. The molecule has 0 aliphatic carbocycles. The van der Waals surface area contributed by atoms with Gasteiger partial charge in [-0.05, 0) is 34.1 Å². The summed E-state index contributed by atoms with van der Waals surface area (Å²) in [7, 11) is 1.66. The number of aromatic nitrogens is 2. The summed E-state index contributed by atoms with van der Waals surface area (Å²) in [6.45, 7) is 0. The van der Waals surface area contributed by atoms with Gasteiger partial charge < -0.3 is 9.14 Å². The van der Waals surface area contributed by atoms with E-state index in [1.54, 1.807) is 18.4 Å². The van der Waals surface area contributed by atoms with Gasteiger partial charge in [0.15, 0.2) is 11.4 Å². The molecule has 0 aliphatic rings. The van der Waals surface area contributed by atoms with Crippen molar-refractivity contribution in [3.8, 4) is 16.3 Å². The Hall–Kier alpha value is -1.33. The third-order valence-electron chi connectivity index (χ3n) is 2.49. The minimum atomic E-state index is 0.786. The van der Waals surface area contributed by atoms with Crippen LogP contribution in [0.1, 0.15) is 0 Å². The molecule has 3 rings (SSSR count). The van der Waals surface area contributed by atoms with E-state index in [1.165, 1.54) is 0 Å². The highest BCUT2D eigenvalue weighted by Gasteiger charge is 2.09. The van der Waals surface area contributed by atoms with Crippen LogP contribution in [0.3, 0.4) is 0 Å². The van der Waals surface area contributed by atoms with Crippen LogP contribution in [0.5, 0.6) is 5.75 Å². The first-order valence-corrected chi connectivity index (χ1v) is 6.71. The Morgan fingerprint density at radius 3 is 3.06 bits per heavy atom. The smallest absolute Gasteiger partial charge is 0.180 e. The van der Waals surface area contributed by atoms with Gasteiger partial charge in [0.2, 0.25) is 0 Å². The maximum absolute atomic E-state index is 5.29. The number of nitrogens with zero attached hydrogens (tertiary/aromatic N) is 2. The van der Waals surface area contributed by atoms with E-state index < -0.39 is 0 Å². The molecule has 0 saturated heterocycles. The zero-order chi connectivity index (χ0) is 11.8. The van der Waals surface area contributed by atoms with Crippen molar-refractivity contribution in [2.45, 2.75) is 0 Å². The molecule has 0 radical (unpaired) electrons. The molecule has 0 aliphatic heterocycles. The fourth-order valence-electron chi connectivity index (χ4n) is 1.71. The van der Waals surface area contributed by atoms with Crippen molar-refractivity contribution < 1.29 is 4.74 Å². The number of halogens is 1. The topological polar surface area (TPSA) is 26.5 Å². The molecule has 0 saturated carbocycles. The van der Waals surface area contributed by atoms with Crippen LogP contribution in [0.25, 0.3) is 16.2 Å². The van der Waals surface area contributed by atoms with Crippen molar-refractivity contribution in [3.05, 3.63) is 40.4 Å². The van der Waals surface area contributed by atoms with Gasteiger partial charge >= 0.3 is 0 Å². The summed E-state index contributed by atoms with van der Waals surface area (Å²) in [5.41, 5.74) is 1.81. The molecule has 3 aromatic rings. The van der Waals surface area contributed by atoms with Crippen molar-refractivity contribution in [1.82, 2.24) is 9.38 Å². The average molecular weight is 309 g/mol. The summed E-state index contributed by atoms with van der Waals surface area (Å²) in [4.78, 5) is 5.74. The number of imidazole rings is 1. The van der Waals surface area contributed by atoms with Gasteiger partial charge in [-0.3, -0.25) is 0 Å². The van der Waals surface area contributed by atoms with Crippen LogP contribution in [0.4, 0.5) is 0 Å². The SMILES string of the molecule is COc1cccn2cc(-c3cc(Br)cs3)nc12. The maximum Gasteiger partial charge on any atom is 0.180 e. The first-order chi connectivity index (χ1) is 8.28. The quantitative estimate of drug-likeness (QED) is 0.719. The molecule has 0 spiro atoms. The van der Waals surface area contributed by atoms with Crippen LogP contribution >= 0.6 is 27.3 Å². The predicted molar refractivity (Wildman–Crippen MR) is 72.8 cm³/mol. The average Bonchev–Trinajstić information content (AvgIpc) is 2.93. The molecule has 3 nitrogen and oxygen atoms in total. The molecule has 0 N–H and O–H groups in total. The molecular formula is C12H9BrN2OS. The van der Waals surface area contributed by atoms with E-state index in [1.807, 2.05) is 28.9 Å². The first-order valence-electron chi connectivity index (χ1n) is 5.04. The second-order valence-corrected chi connectivity index (χ2v) is 5.39. The van der Waals surface area contributed by atoms with Gasteiger partial charge in [0, 0.05) is 22.2 Å². The third-order valence-corrected chi connectivity index (χ3v) is 4.20. The lowest BCUT2D eigenvalue weighted by Crippen LogP contribution is -1.88. The highest BCUT2D eigenvalue weighted by Crippen LogP contribution is 2.30. The molecule has 17 heavy (non-hydrogen) atoms. The fourth-order valence-corrected chi connectivity index (χ4v) is 3.10. The Kier molecular flexibility index (Phi) is 2.64. The van der Waals surface area contributed by atoms with Crippen LogP contribution in [0.2, 0.25) is 0 Å². The summed E-state index contributed by atoms with van der Waals surface area (Å²) in [6.07, 6.45) is 3.98. The lowest BCUT2D eigenvalue weighted by molar-refractivity contribution is 0.417. The molecule has 0 bridgehead atoms. The lowest BCUT2D eigenvalue weighted by atomic mass is 10.4. The lowest BCUT2D eigenvalue weighted by Gasteiger charge is -1.99. The van der Waals surface area contributed by atoms with Gasteiger partial charge in [-0.1, -0.05) is 0 Å². The van der Waals surface area contributed by atoms with Crippen LogP contribution in [-0.2, 0) is 0 Å². The van der Waals surface area contributed by atoms with Crippen LogP contribution in [0.15, 0.2) is 40.4 Å². The number of rotatable bonds is 2. The number of methoxy groups -OCH3 is 1. The Balaban J connectivity index is 2.19. The Morgan fingerprint density at radius 1 is 1.47 bits per heavy atom. The van der Waals surface area contributed by atoms with Gasteiger partial charge in [-0.15, -0.1) is 11.3 Å². The monoisotopic (exact) mass is 308 g/mol. The van der Waals surface area contributed by atoms with Crippen LogP contribution < -0.4 is 4.74 Å². The second kappa shape index (κ2) is 4.16. The molecule has 0 amide bonds. The molecule has 0 fully saturated rings. The van der Waals surface area contributed by atoms with Gasteiger partial charge in [0.1, 0.15) is 0 Å². The second-order valence-electron chi connectivity index (χ2n) is 3.56. The van der Waals surface area contributed by atoms with Gasteiger partial charge in [-0.25, -0.2) is 4.98 Å². The number of fused-ring (bicyclic) bond motifs is 1. The molecular weight excluding hydrogens is 300 g/mol. The maximum atomic E-state index is 5.29. The zero-order valence-electron chi connectivity index (χ0n) is 9.05. The van der Waals surface area contributed by atoms with Crippen molar-refractivity contribution in [1.29, 1.82) is 0 Å².